The smallest absolute Gasteiger partial charge is 0.333 e. The zero-order chi connectivity index (χ0) is 23.3. The monoisotopic (exact) mass is 442 g/mol. The Labute approximate surface area is 192 Å². The summed E-state index contributed by atoms with van der Waals surface area (Å²) < 4.78 is 23.3. The molecule has 2 unspecified atom stereocenters. The van der Waals surface area contributed by atoms with Crippen molar-refractivity contribution in [3.8, 4) is 11.5 Å². The van der Waals surface area contributed by atoms with Crippen molar-refractivity contribution < 1.29 is 23.7 Å². The van der Waals surface area contributed by atoms with Gasteiger partial charge in [0.1, 0.15) is 18.1 Å². The molecule has 2 aromatic rings. The van der Waals surface area contributed by atoms with Gasteiger partial charge in [-0.1, -0.05) is 64.0 Å². The largest absolute Gasteiger partial charge is 0.493 e. The van der Waals surface area contributed by atoms with E-state index in [9.17, 15) is 4.79 Å². The molecule has 0 spiro atoms. The molecule has 0 aromatic heterocycles. The molecule has 0 saturated carbocycles. The lowest BCUT2D eigenvalue weighted by Gasteiger charge is -2.20. The average molecular weight is 443 g/mol. The van der Waals surface area contributed by atoms with E-state index >= 15 is 0 Å². The van der Waals surface area contributed by atoms with E-state index in [4.69, 9.17) is 18.9 Å². The maximum absolute atomic E-state index is 12.1. The summed E-state index contributed by atoms with van der Waals surface area (Å²) in [7, 11) is 0. The Hall–Kier alpha value is -2.53. The van der Waals surface area contributed by atoms with Crippen molar-refractivity contribution in [3.05, 3.63) is 48.6 Å². The fraction of sp³-hybridized carbons (Fsp3) is 0.519. The first-order valence-corrected chi connectivity index (χ1v) is 11.7. The fourth-order valence-corrected chi connectivity index (χ4v) is 3.63. The van der Waals surface area contributed by atoms with Crippen LogP contribution in [0.5, 0.6) is 11.5 Å². The van der Waals surface area contributed by atoms with Crippen LogP contribution in [-0.4, -0.2) is 38.5 Å². The summed E-state index contributed by atoms with van der Waals surface area (Å²) in [5.41, 5.74) is 0.357. The summed E-state index contributed by atoms with van der Waals surface area (Å²) in [4.78, 5) is 12.1. The third kappa shape index (κ3) is 7.86. The van der Waals surface area contributed by atoms with Gasteiger partial charge in [-0.2, -0.15) is 0 Å². The molecule has 32 heavy (non-hydrogen) atoms. The summed E-state index contributed by atoms with van der Waals surface area (Å²) >= 11 is 0. The Balaban J connectivity index is 2.04. The standard InChI is InChI=1S/C27H38O5/c1-6-11-21(7-2)16-17-29-18-22(32-27(28)20(4)5)19-31-26-15-14-25(30-8-3)23-12-9-10-13-24(23)26/h9-10,12-15,21-22H,4,6-8,11,16-19H2,1-3,5H3. The van der Waals surface area contributed by atoms with Gasteiger partial charge in [0, 0.05) is 23.0 Å². The normalized spacial score (nSPS) is 12.9. The van der Waals surface area contributed by atoms with Crippen molar-refractivity contribution in [2.75, 3.05) is 26.4 Å². The van der Waals surface area contributed by atoms with Crippen molar-refractivity contribution in [1.29, 1.82) is 0 Å². The Morgan fingerprint density at radius 2 is 1.59 bits per heavy atom. The van der Waals surface area contributed by atoms with Crippen LogP contribution in [0, 0.1) is 5.92 Å². The SMILES string of the molecule is C=C(C)C(=O)OC(COCCC(CC)CCC)COc1ccc(OCC)c2ccccc12. The zero-order valence-corrected chi connectivity index (χ0v) is 20.0. The third-order valence-corrected chi connectivity index (χ3v) is 5.44. The van der Waals surface area contributed by atoms with Gasteiger partial charge in [-0.25, -0.2) is 4.79 Å². The Bertz CT molecular complexity index is 860. The molecule has 0 aliphatic rings. The molecule has 2 aromatic carbocycles. The number of carbonyl (C=O) groups is 1. The minimum absolute atomic E-state index is 0.198. The van der Waals surface area contributed by atoms with Gasteiger partial charge in [-0.05, 0) is 38.3 Å². The first-order valence-electron chi connectivity index (χ1n) is 11.7. The molecule has 0 saturated heterocycles. The molecule has 0 amide bonds. The van der Waals surface area contributed by atoms with Gasteiger partial charge < -0.3 is 18.9 Å². The van der Waals surface area contributed by atoms with Crippen LogP contribution in [0.15, 0.2) is 48.6 Å². The first-order chi connectivity index (χ1) is 15.5. The number of benzene rings is 2. The highest BCUT2D eigenvalue weighted by Gasteiger charge is 2.18. The van der Waals surface area contributed by atoms with Crippen molar-refractivity contribution in [1.82, 2.24) is 0 Å². The van der Waals surface area contributed by atoms with Gasteiger partial charge in [0.2, 0.25) is 0 Å². The van der Waals surface area contributed by atoms with E-state index in [2.05, 4.69) is 20.4 Å². The lowest BCUT2D eigenvalue weighted by Crippen LogP contribution is -2.30. The van der Waals surface area contributed by atoms with E-state index in [-0.39, 0.29) is 13.2 Å². The molecule has 5 heteroatoms. The zero-order valence-electron chi connectivity index (χ0n) is 20.0. The number of rotatable bonds is 15. The van der Waals surface area contributed by atoms with Gasteiger partial charge in [-0.15, -0.1) is 0 Å². The molecule has 2 atom stereocenters. The second kappa shape index (κ2) is 13.8. The van der Waals surface area contributed by atoms with Crippen molar-refractivity contribution in [2.24, 2.45) is 5.92 Å². The summed E-state index contributed by atoms with van der Waals surface area (Å²) in [5, 5.41) is 1.94. The highest BCUT2D eigenvalue weighted by atomic mass is 16.6. The Morgan fingerprint density at radius 1 is 0.938 bits per heavy atom. The van der Waals surface area contributed by atoms with Crippen LogP contribution in [0.25, 0.3) is 10.8 Å². The molecule has 0 bridgehead atoms. The van der Waals surface area contributed by atoms with Crippen LogP contribution >= 0.6 is 0 Å². The lowest BCUT2D eigenvalue weighted by molar-refractivity contribution is -0.149. The number of fused-ring (bicyclic) bond motifs is 1. The second-order valence-electron chi connectivity index (χ2n) is 8.09. The lowest BCUT2D eigenvalue weighted by atomic mass is 9.98. The molecule has 2 rings (SSSR count). The molecule has 0 N–H and O–H groups in total. The topological polar surface area (TPSA) is 54.0 Å². The first kappa shape index (κ1) is 25.7. The molecule has 176 valence electrons. The van der Waals surface area contributed by atoms with Crippen LogP contribution in [0.4, 0.5) is 0 Å². The number of hydrogen-bond acceptors (Lipinski definition) is 5. The van der Waals surface area contributed by atoms with Crippen molar-refractivity contribution >= 4 is 16.7 Å². The van der Waals surface area contributed by atoms with Gasteiger partial charge in [0.15, 0.2) is 6.10 Å². The Morgan fingerprint density at radius 3 is 2.16 bits per heavy atom. The van der Waals surface area contributed by atoms with Crippen LogP contribution in [0.2, 0.25) is 0 Å². The van der Waals surface area contributed by atoms with Crippen LogP contribution in [-0.2, 0) is 14.3 Å². The number of carbonyl (C=O) groups excluding carboxylic acids is 1. The van der Waals surface area contributed by atoms with E-state index in [1.807, 2.05) is 43.3 Å². The predicted molar refractivity (Wildman–Crippen MR) is 129 cm³/mol. The summed E-state index contributed by atoms with van der Waals surface area (Å²) in [6.45, 7) is 13.4. The highest BCUT2D eigenvalue weighted by Crippen LogP contribution is 2.33. The van der Waals surface area contributed by atoms with E-state index < -0.39 is 12.1 Å². The summed E-state index contributed by atoms with van der Waals surface area (Å²) in [6, 6.07) is 11.7. The number of esters is 1. The molecule has 5 nitrogen and oxygen atoms in total. The van der Waals surface area contributed by atoms with Crippen LogP contribution in [0.1, 0.15) is 53.4 Å². The highest BCUT2D eigenvalue weighted by molar-refractivity contribution is 5.93. The summed E-state index contributed by atoms with van der Waals surface area (Å²) in [6.07, 6.45) is 4.04. The van der Waals surface area contributed by atoms with Gasteiger partial charge >= 0.3 is 5.97 Å². The van der Waals surface area contributed by atoms with Crippen molar-refractivity contribution in [2.45, 2.75) is 59.5 Å². The Kier molecular flexibility index (Phi) is 11.1. The maximum Gasteiger partial charge on any atom is 0.333 e. The van der Waals surface area contributed by atoms with Crippen LogP contribution in [0.3, 0.4) is 0 Å². The molecule has 0 aliphatic carbocycles. The molecule has 0 radical (unpaired) electrons. The van der Waals surface area contributed by atoms with Crippen LogP contribution < -0.4 is 9.47 Å². The maximum atomic E-state index is 12.1. The fourth-order valence-electron chi connectivity index (χ4n) is 3.63. The quantitative estimate of drug-likeness (QED) is 0.183. The predicted octanol–water partition coefficient (Wildman–Crippen LogP) is 6.34. The summed E-state index contributed by atoms with van der Waals surface area (Å²) in [5.74, 6) is 1.77. The minimum atomic E-state index is -0.518. The molecule has 0 fully saturated rings. The number of hydrogen-bond donors (Lipinski definition) is 0. The van der Waals surface area contributed by atoms with E-state index in [1.165, 1.54) is 12.8 Å². The van der Waals surface area contributed by atoms with E-state index in [1.54, 1.807) is 6.92 Å². The molecular weight excluding hydrogens is 404 g/mol. The minimum Gasteiger partial charge on any atom is -0.493 e. The van der Waals surface area contributed by atoms with Gasteiger partial charge in [0.25, 0.3) is 0 Å². The van der Waals surface area contributed by atoms with Gasteiger partial charge in [0.05, 0.1) is 13.2 Å². The van der Waals surface area contributed by atoms with E-state index in [0.29, 0.717) is 24.7 Å². The average Bonchev–Trinajstić information content (AvgIpc) is 2.80. The van der Waals surface area contributed by atoms with Gasteiger partial charge in [-0.3, -0.25) is 0 Å². The third-order valence-electron chi connectivity index (χ3n) is 5.44. The molecule has 0 aliphatic heterocycles. The molecule has 0 heterocycles. The van der Waals surface area contributed by atoms with E-state index in [0.717, 1.165) is 35.1 Å². The molecular formula is C27H38O5. The number of ether oxygens (including phenoxy) is 4. The van der Waals surface area contributed by atoms with Crippen molar-refractivity contribution in [3.63, 3.8) is 0 Å². The second-order valence-corrected chi connectivity index (χ2v) is 8.09.